The third-order valence-electron chi connectivity index (χ3n) is 2.27. The Hall–Kier alpha value is -2.09. The first kappa shape index (κ1) is 14.3. The van der Waals surface area contributed by atoms with Gasteiger partial charge >= 0.3 is 6.18 Å². The molecule has 1 heterocycles. The maximum Gasteiger partial charge on any atom is 0.435 e. The van der Waals surface area contributed by atoms with Crippen molar-refractivity contribution in [2.45, 2.75) is 12.8 Å². The van der Waals surface area contributed by atoms with E-state index in [1.54, 1.807) is 30.3 Å². The van der Waals surface area contributed by atoms with Gasteiger partial charge in [-0.05, 0) is 12.1 Å². The Kier molecular flexibility index (Phi) is 3.93. The molecule has 0 aliphatic carbocycles. The lowest BCUT2D eigenvalue weighted by Gasteiger charge is -2.03. The number of alkyl halides is 3. The predicted octanol–water partition coefficient (Wildman–Crippen LogP) is 2.84. The van der Waals surface area contributed by atoms with Crippen LogP contribution in [0.5, 0.6) is 5.75 Å². The second-order valence-electron chi connectivity index (χ2n) is 3.75. The molecule has 1 aromatic carbocycles. The molecule has 0 radical (unpaired) electrons. The van der Waals surface area contributed by atoms with E-state index in [1.807, 2.05) is 0 Å². The van der Waals surface area contributed by atoms with Crippen LogP contribution in [0.3, 0.4) is 0 Å². The molecule has 0 unspecified atom stereocenters. The van der Waals surface area contributed by atoms with Crippen LogP contribution < -0.4 is 10.5 Å². The molecule has 0 spiro atoms. The first-order valence-electron chi connectivity index (χ1n) is 5.42. The van der Waals surface area contributed by atoms with Crippen molar-refractivity contribution in [3.8, 4) is 5.75 Å². The fourth-order valence-electron chi connectivity index (χ4n) is 1.45. The van der Waals surface area contributed by atoms with Crippen LogP contribution in [-0.4, -0.2) is 10.9 Å². The summed E-state index contributed by atoms with van der Waals surface area (Å²) in [4.78, 5) is 13.8. The lowest BCUT2D eigenvalue weighted by Crippen LogP contribution is -2.17. The lowest BCUT2D eigenvalue weighted by atomic mass is 10.3. The number of thiazole rings is 1. The highest BCUT2D eigenvalue weighted by atomic mass is 32.1. The van der Waals surface area contributed by atoms with Crippen molar-refractivity contribution in [1.29, 1.82) is 0 Å². The molecule has 2 rings (SSSR count). The van der Waals surface area contributed by atoms with Crippen LogP contribution in [0.4, 0.5) is 13.2 Å². The fourth-order valence-corrected chi connectivity index (χ4v) is 2.30. The van der Waals surface area contributed by atoms with Gasteiger partial charge in [-0.15, -0.1) is 11.3 Å². The van der Waals surface area contributed by atoms with Gasteiger partial charge in [-0.2, -0.15) is 13.2 Å². The normalized spacial score (nSPS) is 11.3. The van der Waals surface area contributed by atoms with Crippen LogP contribution in [0.1, 0.15) is 20.4 Å². The molecule has 2 N–H and O–H groups in total. The number of aromatic nitrogens is 1. The number of carbonyl (C=O) groups is 1. The van der Waals surface area contributed by atoms with E-state index in [-0.39, 0.29) is 11.6 Å². The minimum atomic E-state index is -4.72. The number of carbonyl (C=O) groups excluding carboxylic acids is 1. The van der Waals surface area contributed by atoms with Gasteiger partial charge in [-0.1, -0.05) is 18.2 Å². The Balaban J connectivity index is 2.19. The zero-order valence-corrected chi connectivity index (χ0v) is 10.8. The second-order valence-corrected chi connectivity index (χ2v) is 4.83. The first-order valence-corrected chi connectivity index (χ1v) is 6.24. The number of halogens is 3. The number of para-hydroxylation sites is 1. The Morgan fingerprint density at radius 1 is 1.30 bits per heavy atom. The van der Waals surface area contributed by atoms with E-state index >= 15 is 0 Å². The third kappa shape index (κ3) is 3.27. The van der Waals surface area contributed by atoms with E-state index < -0.39 is 22.7 Å². The number of rotatable bonds is 4. The van der Waals surface area contributed by atoms with Gasteiger partial charge in [-0.25, -0.2) is 4.98 Å². The quantitative estimate of drug-likeness (QED) is 0.944. The number of amides is 1. The summed E-state index contributed by atoms with van der Waals surface area (Å²) < 4.78 is 43.3. The SMILES string of the molecule is NC(=O)c1sc(COc2ccccc2)nc1C(F)(F)F. The molecule has 0 aliphatic rings. The van der Waals surface area contributed by atoms with Crippen LogP contribution in [-0.2, 0) is 12.8 Å². The molecule has 106 valence electrons. The zero-order valence-electron chi connectivity index (χ0n) is 9.98. The van der Waals surface area contributed by atoms with E-state index in [4.69, 9.17) is 10.5 Å². The molecule has 0 fully saturated rings. The highest BCUT2D eigenvalue weighted by molar-refractivity contribution is 7.13. The van der Waals surface area contributed by atoms with Gasteiger partial charge in [0.05, 0.1) is 0 Å². The molecular weight excluding hydrogens is 293 g/mol. The maximum atomic E-state index is 12.7. The highest BCUT2D eigenvalue weighted by Crippen LogP contribution is 2.34. The van der Waals surface area contributed by atoms with Crippen LogP contribution in [0, 0.1) is 0 Å². The van der Waals surface area contributed by atoms with E-state index in [0.717, 1.165) is 0 Å². The summed E-state index contributed by atoms with van der Waals surface area (Å²) in [7, 11) is 0. The van der Waals surface area contributed by atoms with Gasteiger partial charge in [-0.3, -0.25) is 4.79 Å². The molecule has 0 saturated carbocycles. The average Bonchev–Trinajstić information content (AvgIpc) is 2.82. The Bertz CT molecular complexity index is 611. The molecule has 20 heavy (non-hydrogen) atoms. The smallest absolute Gasteiger partial charge is 0.435 e. The largest absolute Gasteiger partial charge is 0.486 e. The number of benzene rings is 1. The number of nitrogens with zero attached hydrogens (tertiary/aromatic N) is 1. The second kappa shape index (κ2) is 5.49. The standard InChI is InChI=1S/C12H9F3N2O2S/c13-12(14,15)10-9(11(16)18)20-8(17-10)6-19-7-4-2-1-3-5-7/h1-5H,6H2,(H2,16,18). The zero-order chi connectivity index (χ0) is 14.8. The van der Waals surface area contributed by atoms with Crippen LogP contribution in [0.15, 0.2) is 30.3 Å². The van der Waals surface area contributed by atoms with Crippen LogP contribution in [0.2, 0.25) is 0 Å². The van der Waals surface area contributed by atoms with Gasteiger partial charge < -0.3 is 10.5 Å². The maximum absolute atomic E-state index is 12.7. The molecular formula is C12H9F3N2O2S. The van der Waals surface area contributed by atoms with Gasteiger partial charge in [0.2, 0.25) is 0 Å². The van der Waals surface area contributed by atoms with E-state index in [1.165, 1.54) is 0 Å². The molecule has 1 aromatic heterocycles. The summed E-state index contributed by atoms with van der Waals surface area (Å²) in [5.74, 6) is -0.655. The summed E-state index contributed by atoms with van der Waals surface area (Å²) in [6.45, 7) is -0.162. The van der Waals surface area contributed by atoms with Crippen molar-refractivity contribution in [3.63, 3.8) is 0 Å². The number of primary amides is 1. The highest BCUT2D eigenvalue weighted by Gasteiger charge is 2.39. The number of ether oxygens (including phenoxy) is 1. The van der Waals surface area contributed by atoms with Crippen molar-refractivity contribution in [2.75, 3.05) is 0 Å². The Morgan fingerprint density at radius 2 is 1.95 bits per heavy atom. The number of hydrogen-bond acceptors (Lipinski definition) is 4. The van der Waals surface area contributed by atoms with Crippen molar-refractivity contribution < 1.29 is 22.7 Å². The molecule has 0 atom stereocenters. The van der Waals surface area contributed by atoms with Gasteiger partial charge in [0.15, 0.2) is 5.69 Å². The molecule has 2 aromatic rings. The van der Waals surface area contributed by atoms with E-state index in [9.17, 15) is 18.0 Å². The van der Waals surface area contributed by atoms with Gasteiger partial charge in [0, 0.05) is 0 Å². The first-order chi connectivity index (χ1) is 9.38. The molecule has 1 amide bonds. The summed E-state index contributed by atoms with van der Waals surface area (Å²) in [5, 5.41) is 0.0370. The summed E-state index contributed by atoms with van der Waals surface area (Å²) >= 11 is 0.583. The third-order valence-corrected chi connectivity index (χ3v) is 3.31. The Labute approximate surface area is 116 Å². The van der Waals surface area contributed by atoms with Crippen LogP contribution >= 0.6 is 11.3 Å². The van der Waals surface area contributed by atoms with Crippen molar-refractivity contribution in [1.82, 2.24) is 4.98 Å². The fraction of sp³-hybridized carbons (Fsp3) is 0.167. The minimum absolute atomic E-state index is 0.0370. The number of hydrogen-bond donors (Lipinski definition) is 1. The van der Waals surface area contributed by atoms with E-state index in [0.29, 0.717) is 17.1 Å². The molecule has 0 saturated heterocycles. The average molecular weight is 302 g/mol. The number of nitrogens with two attached hydrogens (primary N) is 1. The van der Waals surface area contributed by atoms with Gasteiger partial charge in [0.1, 0.15) is 22.2 Å². The molecule has 0 aliphatic heterocycles. The lowest BCUT2D eigenvalue weighted by molar-refractivity contribution is -0.141. The van der Waals surface area contributed by atoms with Crippen molar-refractivity contribution in [2.24, 2.45) is 5.73 Å². The van der Waals surface area contributed by atoms with Crippen LogP contribution in [0.25, 0.3) is 0 Å². The monoisotopic (exact) mass is 302 g/mol. The summed E-state index contributed by atoms with van der Waals surface area (Å²) in [6.07, 6.45) is -4.72. The molecule has 8 heteroatoms. The summed E-state index contributed by atoms with van der Waals surface area (Å²) in [6, 6.07) is 8.56. The molecule has 4 nitrogen and oxygen atoms in total. The predicted molar refractivity (Wildman–Crippen MR) is 66.4 cm³/mol. The summed E-state index contributed by atoms with van der Waals surface area (Å²) in [5.41, 5.74) is 3.66. The van der Waals surface area contributed by atoms with Crippen molar-refractivity contribution in [3.05, 3.63) is 45.9 Å². The topological polar surface area (TPSA) is 65.2 Å². The molecule has 0 bridgehead atoms. The van der Waals surface area contributed by atoms with Crippen molar-refractivity contribution >= 4 is 17.2 Å². The Morgan fingerprint density at radius 3 is 2.45 bits per heavy atom. The van der Waals surface area contributed by atoms with E-state index in [2.05, 4.69) is 4.98 Å². The van der Waals surface area contributed by atoms with Gasteiger partial charge in [0.25, 0.3) is 5.91 Å². The minimum Gasteiger partial charge on any atom is -0.486 e.